The van der Waals surface area contributed by atoms with Gasteiger partial charge in [-0.15, -0.1) is 0 Å². The van der Waals surface area contributed by atoms with Gasteiger partial charge < -0.3 is 10.0 Å². The first-order valence-electron chi connectivity index (χ1n) is 6.96. The number of fused-ring (bicyclic) bond motifs is 1. The van der Waals surface area contributed by atoms with Crippen molar-refractivity contribution in [3.05, 3.63) is 28.3 Å². The molecule has 2 heterocycles. The number of nitriles is 2. The lowest BCUT2D eigenvalue weighted by molar-refractivity contribution is 0.146. The van der Waals surface area contributed by atoms with E-state index in [-0.39, 0.29) is 6.04 Å². The number of hydrogen-bond donors (Lipinski definition) is 1. The lowest BCUT2D eigenvalue weighted by Gasteiger charge is -2.18. The molecule has 2 saturated heterocycles. The average Bonchev–Trinajstić information content (AvgIpc) is 3.05. The van der Waals surface area contributed by atoms with E-state index in [0.717, 1.165) is 0 Å². The van der Waals surface area contributed by atoms with Gasteiger partial charge >= 0.3 is 0 Å². The first-order valence-corrected chi connectivity index (χ1v) is 7.34. The van der Waals surface area contributed by atoms with Crippen LogP contribution in [-0.4, -0.2) is 46.1 Å². The van der Waals surface area contributed by atoms with Crippen LogP contribution in [0.5, 0.6) is 0 Å². The Hall–Kier alpha value is -2.28. The van der Waals surface area contributed by atoms with Crippen molar-refractivity contribution in [1.29, 1.82) is 10.5 Å². The van der Waals surface area contributed by atoms with Gasteiger partial charge in [0.1, 0.15) is 6.07 Å². The van der Waals surface area contributed by atoms with Crippen LogP contribution in [0.1, 0.15) is 17.5 Å². The summed E-state index contributed by atoms with van der Waals surface area (Å²) in [5.74, 6) is 0.535. The van der Waals surface area contributed by atoms with Gasteiger partial charge in [-0.05, 0) is 31.0 Å². The van der Waals surface area contributed by atoms with Crippen molar-refractivity contribution in [2.45, 2.75) is 25.5 Å². The van der Waals surface area contributed by atoms with Gasteiger partial charge in [0.15, 0.2) is 6.19 Å². The molecule has 6 nitrogen and oxygen atoms in total. The zero-order valence-corrected chi connectivity index (χ0v) is 12.7. The van der Waals surface area contributed by atoms with Crippen LogP contribution in [0.25, 0.3) is 0 Å². The summed E-state index contributed by atoms with van der Waals surface area (Å²) in [5, 5.41) is 28.6. The Morgan fingerprint density at radius 2 is 2.18 bits per heavy atom. The van der Waals surface area contributed by atoms with Crippen LogP contribution in [0.3, 0.4) is 0 Å². The summed E-state index contributed by atoms with van der Waals surface area (Å²) >= 11 is 6.16. The molecule has 0 aliphatic carbocycles. The van der Waals surface area contributed by atoms with E-state index in [9.17, 15) is 10.4 Å². The van der Waals surface area contributed by atoms with E-state index in [1.54, 1.807) is 19.1 Å². The molecule has 3 rings (SSSR count). The molecule has 112 valence electrons. The second kappa shape index (κ2) is 5.49. The molecule has 1 N–H and O–H groups in total. The highest BCUT2D eigenvalue weighted by atomic mass is 35.5. The fourth-order valence-corrected chi connectivity index (χ4v) is 3.13. The molecule has 2 aliphatic heterocycles. The third-order valence-corrected chi connectivity index (χ3v) is 4.68. The van der Waals surface area contributed by atoms with Crippen molar-refractivity contribution in [2.75, 3.05) is 13.1 Å². The number of guanidine groups is 1. The molecule has 7 heteroatoms. The van der Waals surface area contributed by atoms with Gasteiger partial charge in [-0.3, -0.25) is 0 Å². The average molecular weight is 316 g/mol. The highest BCUT2D eigenvalue weighted by molar-refractivity contribution is 6.32. The minimum Gasteiger partial charge on any atom is -0.391 e. The Bertz CT molecular complexity index is 733. The molecular formula is C15H14ClN5O. The van der Waals surface area contributed by atoms with Gasteiger partial charge in [-0.25, -0.2) is 9.89 Å². The standard InChI is InChI=1S/C15H14ClN5O/c1-9-11(3-2-10(6-17)14(9)16)19-15-20(8-18)7-12-13(22)4-5-21(12)15/h2-3,12-13,22H,4-5,7H2,1H3/b19-15+. The quantitative estimate of drug-likeness (QED) is 0.798. The monoisotopic (exact) mass is 315 g/mol. The molecule has 0 amide bonds. The molecule has 22 heavy (non-hydrogen) atoms. The zero-order valence-electron chi connectivity index (χ0n) is 12.0. The van der Waals surface area contributed by atoms with Crippen molar-refractivity contribution >= 4 is 23.2 Å². The van der Waals surface area contributed by atoms with E-state index in [2.05, 4.69) is 11.2 Å². The number of benzene rings is 1. The van der Waals surface area contributed by atoms with Crippen LogP contribution in [0.2, 0.25) is 5.02 Å². The second-order valence-electron chi connectivity index (χ2n) is 5.42. The maximum atomic E-state index is 9.97. The summed E-state index contributed by atoms with van der Waals surface area (Å²) in [6.07, 6.45) is 2.35. The van der Waals surface area contributed by atoms with Crippen LogP contribution in [0.15, 0.2) is 17.1 Å². The van der Waals surface area contributed by atoms with Crippen LogP contribution < -0.4 is 0 Å². The minimum absolute atomic E-state index is 0.0902. The largest absolute Gasteiger partial charge is 0.391 e. The van der Waals surface area contributed by atoms with E-state index in [0.29, 0.717) is 47.3 Å². The maximum absolute atomic E-state index is 9.97. The fraction of sp³-hybridized carbons (Fsp3) is 0.400. The molecule has 2 aliphatic rings. The predicted octanol–water partition coefficient (Wildman–Crippen LogP) is 1.74. The van der Waals surface area contributed by atoms with Crippen molar-refractivity contribution in [3.63, 3.8) is 0 Å². The van der Waals surface area contributed by atoms with Crippen molar-refractivity contribution < 1.29 is 5.11 Å². The Labute approximate surface area is 133 Å². The molecular weight excluding hydrogens is 302 g/mol. The first kappa shape index (κ1) is 14.6. The molecule has 2 unspecified atom stereocenters. The highest BCUT2D eigenvalue weighted by Crippen LogP contribution is 2.32. The Morgan fingerprint density at radius 1 is 1.41 bits per heavy atom. The number of aliphatic hydroxyl groups is 1. The van der Waals surface area contributed by atoms with Gasteiger partial charge in [-0.2, -0.15) is 10.5 Å². The minimum atomic E-state index is -0.436. The van der Waals surface area contributed by atoms with Gasteiger partial charge in [0.25, 0.3) is 0 Å². The summed E-state index contributed by atoms with van der Waals surface area (Å²) in [5.41, 5.74) is 1.73. The summed E-state index contributed by atoms with van der Waals surface area (Å²) in [6, 6.07) is 5.29. The predicted molar refractivity (Wildman–Crippen MR) is 81.4 cm³/mol. The zero-order chi connectivity index (χ0) is 15.9. The van der Waals surface area contributed by atoms with Crippen molar-refractivity contribution in [2.24, 2.45) is 4.99 Å². The smallest absolute Gasteiger partial charge is 0.215 e. The highest BCUT2D eigenvalue weighted by Gasteiger charge is 2.44. The number of halogens is 1. The van der Waals surface area contributed by atoms with Crippen LogP contribution >= 0.6 is 11.6 Å². The fourth-order valence-electron chi connectivity index (χ4n) is 2.93. The number of hydrogen-bond acceptors (Lipinski definition) is 4. The Kier molecular flexibility index (Phi) is 3.66. The molecule has 0 radical (unpaired) electrons. The van der Waals surface area contributed by atoms with E-state index >= 15 is 0 Å². The van der Waals surface area contributed by atoms with Gasteiger partial charge in [0.05, 0.1) is 35.0 Å². The summed E-state index contributed by atoms with van der Waals surface area (Å²) < 4.78 is 0. The van der Waals surface area contributed by atoms with Gasteiger partial charge in [0, 0.05) is 6.54 Å². The number of aliphatic imine (C=N–C) groups is 1. The van der Waals surface area contributed by atoms with Crippen LogP contribution in [0, 0.1) is 29.7 Å². The normalized spacial score (nSPS) is 25.2. The lowest BCUT2D eigenvalue weighted by Crippen LogP contribution is -2.33. The van der Waals surface area contributed by atoms with Crippen LogP contribution in [0.4, 0.5) is 5.69 Å². The summed E-state index contributed by atoms with van der Waals surface area (Å²) in [4.78, 5) is 8.01. The molecule has 2 fully saturated rings. The molecule has 0 bridgehead atoms. The molecule has 1 aromatic carbocycles. The van der Waals surface area contributed by atoms with Gasteiger partial charge in [0.2, 0.25) is 5.96 Å². The van der Waals surface area contributed by atoms with E-state index in [4.69, 9.17) is 16.9 Å². The summed E-state index contributed by atoms with van der Waals surface area (Å²) in [6.45, 7) is 2.91. The number of aliphatic hydroxyl groups excluding tert-OH is 1. The molecule has 2 atom stereocenters. The second-order valence-corrected chi connectivity index (χ2v) is 5.80. The molecule has 0 saturated carbocycles. The number of rotatable bonds is 1. The molecule has 1 aromatic rings. The maximum Gasteiger partial charge on any atom is 0.215 e. The molecule has 0 aromatic heterocycles. The number of nitrogens with zero attached hydrogens (tertiary/aromatic N) is 5. The third kappa shape index (κ3) is 2.18. The SMILES string of the molecule is Cc1c(/N=C2\N(C#N)CC3C(O)CCN23)ccc(C#N)c1Cl. The van der Waals surface area contributed by atoms with Crippen molar-refractivity contribution in [3.8, 4) is 12.3 Å². The molecule has 0 spiro atoms. The Morgan fingerprint density at radius 3 is 2.86 bits per heavy atom. The van der Waals surface area contributed by atoms with E-state index in [1.165, 1.54) is 4.90 Å². The van der Waals surface area contributed by atoms with Crippen LogP contribution in [-0.2, 0) is 0 Å². The summed E-state index contributed by atoms with van der Waals surface area (Å²) in [7, 11) is 0. The topological polar surface area (TPSA) is 86.7 Å². The van der Waals surface area contributed by atoms with E-state index < -0.39 is 6.10 Å². The van der Waals surface area contributed by atoms with Gasteiger partial charge in [-0.1, -0.05) is 11.6 Å². The Balaban J connectivity index is 2.03. The third-order valence-electron chi connectivity index (χ3n) is 4.20. The van der Waals surface area contributed by atoms with Crippen molar-refractivity contribution in [1.82, 2.24) is 9.80 Å². The lowest BCUT2D eigenvalue weighted by atomic mass is 10.1. The van der Waals surface area contributed by atoms with E-state index in [1.807, 2.05) is 11.0 Å². The first-order chi connectivity index (χ1) is 10.6.